The molecule has 0 saturated carbocycles. The van der Waals surface area contributed by atoms with Gasteiger partial charge in [0.25, 0.3) is 0 Å². The summed E-state index contributed by atoms with van der Waals surface area (Å²) in [5.74, 6) is -3.97. The molecule has 9 unspecified atom stereocenters. The first-order chi connectivity index (χ1) is 55.7. The van der Waals surface area contributed by atoms with E-state index in [-0.39, 0.29) is 99.1 Å². The van der Waals surface area contributed by atoms with Crippen molar-refractivity contribution in [1.82, 2.24) is 29.4 Å². The van der Waals surface area contributed by atoms with E-state index in [0.717, 1.165) is 114 Å². The van der Waals surface area contributed by atoms with Crippen LogP contribution in [0, 0.1) is 0 Å². The van der Waals surface area contributed by atoms with Crippen LogP contribution in [-0.2, 0) is 114 Å². The molecule has 0 aromatic heterocycles. The molecule has 0 aliphatic carbocycles. The third kappa shape index (κ3) is 61.6. The van der Waals surface area contributed by atoms with E-state index in [4.69, 9.17) is 85.3 Å². The maximum absolute atomic E-state index is 12.4. The van der Waals surface area contributed by atoms with Gasteiger partial charge in [-0.2, -0.15) is 0 Å². The Morgan fingerprint density at radius 2 is 0.419 bits per heavy atom. The summed E-state index contributed by atoms with van der Waals surface area (Å²) >= 11 is 0. The van der Waals surface area contributed by atoms with Crippen molar-refractivity contribution >= 4 is 72.4 Å². The number of nitrogens with zero attached hydrogens (tertiary/aromatic N) is 6. The van der Waals surface area contributed by atoms with Crippen molar-refractivity contribution in [2.75, 3.05) is 181 Å². The molecular formula is C81H138N6O30. The Morgan fingerprint density at radius 1 is 0.239 bits per heavy atom. The maximum atomic E-state index is 12.4. The minimum atomic E-state index is -0.855. The largest absolute Gasteiger partial charge is 0.458 e. The highest BCUT2D eigenvalue weighted by Gasteiger charge is 2.27. The minimum absolute atomic E-state index is 0.0525. The minimum Gasteiger partial charge on any atom is -0.458 e. The molecule has 0 spiro atoms. The van der Waals surface area contributed by atoms with Gasteiger partial charge in [0.05, 0.1) is 77.8 Å². The third-order valence-corrected chi connectivity index (χ3v) is 15.7. The number of hydrogen-bond donors (Lipinski definition) is 0. The summed E-state index contributed by atoms with van der Waals surface area (Å²) < 4.78 is 96.8. The van der Waals surface area contributed by atoms with Gasteiger partial charge in [-0.25, -0.2) is 57.5 Å². The molecule has 0 rings (SSSR count). The summed E-state index contributed by atoms with van der Waals surface area (Å²) in [7, 11) is 9.76. The van der Waals surface area contributed by atoms with Crippen LogP contribution in [0.1, 0.15) is 139 Å². The van der Waals surface area contributed by atoms with Gasteiger partial charge in [-0.3, -0.25) is 0 Å². The van der Waals surface area contributed by atoms with Gasteiger partial charge in [-0.05, 0) is 59.3 Å². The van der Waals surface area contributed by atoms with E-state index in [1.807, 2.05) is 41.5 Å². The second-order valence-corrected chi connectivity index (χ2v) is 26.7. The molecule has 9 atom stereocenters. The number of ether oxygens (including phenoxy) is 18. The molecule has 0 aromatic rings. The number of esters is 6. The first-order valence-corrected chi connectivity index (χ1v) is 39.6. The summed E-state index contributed by atoms with van der Waals surface area (Å²) in [6.07, 6.45) is 6.89. The van der Waals surface area contributed by atoms with Gasteiger partial charge >= 0.3 is 72.4 Å². The predicted molar refractivity (Wildman–Crippen MR) is 432 cm³/mol. The van der Waals surface area contributed by atoms with Crippen LogP contribution in [0.3, 0.4) is 0 Å². The summed E-state index contributed by atoms with van der Waals surface area (Å²) in [6.45, 7) is 39.4. The predicted octanol–water partition coefficient (Wildman–Crippen LogP) is 10.0. The lowest BCUT2D eigenvalue weighted by molar-refractivity contribution is -0.154. The van der Waals surface area contributed by atoms with Crippen molar-refractivity contribution in [2.24, 2.45) is 0 Å². The van der Waals surface area contributed by atoms with Crippen LogP contribution < -0.4 is 0 Å². The van der Waals surface area contributed by atoms with Gasteiger partial charge in [0.15, 0.2) is 36.6 Å². The van der Waals surface area contributed by atoms with E-state index >= 15 is 0 Å². The number of rotatable bonds is 63. The topological polar surface area (TPSA) is 390 Å². The van der Waals surface area contributed by atoms with Crippen LogP contribution in [0.5, 0.6) is 0 Å². The van der Waals surface area contributed by atoms with Crippen LogP contribution in [0.2, 0.25) is 0 Å². The summed E-state index contributed by atoms with van der Waals surface area (Å²) in [5, 5.41) is 0. The molecule has 0 N–H and O–H groups in total. The van der Waals surface area contributed by atoms with Crippen LogP contribution in [0.15, 0.2) is 75.9 Å². The van der Waals surface area contributed by atoms with Gasteiger partial charge < -0.3 is 115 Å². The SMILES string of the molecule is C=CC(=O)OC(COCC(C)OCC(COC(=O)N(C)CCCC)OC(=O)C=C)COC(=O)N(C)CCCC.C=CC(=O)OCC(COC(C)COCC(COC(=O)N(C)CCCC)OC(=O)C=C)OC(=O)N(C)CCCC.C=CC(=O)OCC(COCC(C)OCC(COC(=O)C=C)OC(=O)N(C)CCCC)OC(=O)N(C)CCCC. The molecule has 0 bridgehead atoms. The lowest BCUT2D eigenvalue weighted by Crippen LogP contribution is -2.38. The first-order valence-electron chi connectivity index (χ1n) is 39.6. The second kappa shape index (κ2) is 71.9. The van der Waals surface area contributed by atoms with Gasteiger partial charge in [0.1, 0.15) is 39.6 Å². The van der Waals surface area contributed by atoms with Crippen molar-refractivity contribution in [3.8, 4) is 0 Å². The van der Waals surface area contributed by atoms with E-state index in [9.17, 15) is 57.5 Å². The molecule has 0 fully saturated rings. The van der Waals surface area contributed by atoms with Gasteiger partial charge in [0, 0.05) is 118 Å². The lowest BCUT2D eigenvalue weighted by Gasteiger charge is -2.24. The molecule has 0 radical (unpaired) electrons. The zero-order valence-electron chi connectivity index (χ0n) is 72.2. The summed E-state index contributed by atoms with van der Waals surface area (Å²) in [6, 6.07) is 0. The highest BCUT2D eigenvalue weighted by atomic mass is 16.7. The average Bonchev–Trinajstić information content (AvgIpc) is 1.02. The number of hydrogen-bond acceptors (Lipinski definition) is 30. The van der Waals surface area contributed by atoms with E-state index in [1.165, 1.54) is 29.4 Å². The standard InChI is InChI=1S/3C27H46N2O10/c1-8-12-14-28(6)26(32)37-20-22(38-25(31)11-4)17-34-16-21(5)35-18-23(19-36-24(30)10-3)39-27(33)29(7)15-13-9-2;1-8-12-14-28(6)26(32)36-19-22(38-24(30)10-3)17-34-16-21(5)35-18-23(39-25(31)11-4)20-37-27(33)29(7)15-13-9-2;1-8-12-14-28(6)26(32)38-22(19-36-24(30)10-3)17-34-16-21(5)35-18-23(20-37-25(31)11-4)39-27(33)29(7)15-13-9-2/h3*10-11,21-23H,3-4,8-9,12-20H2,1-2,5-7H3. The normalized spacial score (nSPS) is 12.8. The van der Waals surface area contributed by atoms with E-state index < -0.39 is 127 Å². The molecule has 0 aliphatic rings. The molecule has 36 heteroatoms. The smallest absolute Gasteiger partial charge is 0.409 e. The quantitative estimate of drug-likeness (QED) is 0.0310. The van der Waals surface area contributed by atoms with Crippen LogP contribution in [0.4, 0.5) is 28.8 Å². The van der Waals surface area contributed by atoms with Crippen molar-refractivity contribution in [2.45, 2.75) is 194 Å². The fourth-order valence-corrected chi connectivity index (χ4v) is 8.53. The van der Waals surface area contributed by atoms with E-state index in [2.05, 4.69) is 39.5 Å². The number of carbonyl (C=O) groups excluding carboxylic acids is 12. The van der Waals surface area contributed by atoms with Crippen molar-refractivity contribution in [1.29, 1.82) is 0 Å². The van der Waals surface area contributed by atoms with Crippen LogP contribution in [-0.4, -0.2) is 337 Å². The summed E-state index contributed by atoms with van der Waals surface area (Å²) in [5.41, 5.74) is 0. The molecule has 117 heavy (non-hydrogen) atoms. The van der Waals surface area contributed by atoms with Gasteiger partial charge in [-0.1, -0.05) is 120 Å². The highest BCUT2D eigenvalue weighted by molar-refractivity contribution is 5.83. The molecular weight excluding hydrogens is 1540 g/mol. The molecule has 36 nitrogen and oxygen atoms in total. The molecule has 672 valence electrons. The van der Waals surface area contributed by atoms with Crippen molar-refractivity contribution < 1.29 is 143 Å². The van der Waals surface area contributed by atoms with Gasteiger partial charge in [0.2, 0.25) is 0 Å². The van der Waals surface area contributed by atoms with E-state index in [0.29, 0.717) is 39.3 Å². The van der Waals surface area contributed by atoms with Crippen LogP contribution >= 0.6 is 0 Å². The Hall–Kier alpha value is -9.36. The monoisotopic (exact) mass is 1670 g/mol. The number of carbonyl (C=O) groups is 12. The molecule has 0 aliphatic heterocycles. The fraction of sp³-hybridized carbons (Fsp3) is 0.704. The zero-order valence-corrected chi connectivity index (χ0v) is 72.2. The van der Waals surface area contributed by atoms with Gasteiger partial charge in [-0.15, -0.1) is 0 Å². The Labute approximate surface area is 692 Å². The molecule has 0 saturated heterocycles. The molecule has 0 aromatic carbocycles. The summed E-state index contributed by atoms with van der Waals surface area (Å²) in [4.78, 5) is 152. The number of amides is 6. The zero-order chi connectivity index (χ0) is 88.9. The van der Waals surface area contributed by atoms with E-state index in [1.54, 1.807) is 63.1 Å². The number of unbranched alkanes of at least 4 members (excludes halogenated alkanes) is 6. The average molecular weight is 1680 g/mol. The lowest BCUT2D eigenvalue weighted by atomic mass is 10.3. The fourth-order valence-electron chi connectivity index (χ4n) is 8.53. The Balaban J connectivity index is -0.00000167. The maximum Gasteiger partial charge on any atom is 0.409 e. The Morgan fingerprint density at radius 3 is 0.624 bits per heavy atom. The molecule has 6 amide bonds. The molecule has 0 heterocycles. The third-order valence-electron chi connectivity index (χ3n) is 15.7. The highest BCUT2D eigenvalue weighted by Crippen LogP contribution is 2.12. The van der Waals surface area contributed by atoms with Crippen molar-refractivity contribution in [3.05, 3.63) is 75.9 Å². The van der Waals surface area contributed by atoms with Crippen molar-refractivity contribution in [3.63, 3.8) is 0 Å². The first kappa shape index (κ1) is 112. The Bertz CT molecular complexity index is 2870. The Kier molecular flexibility index (Phi) is 68.7. The second-order valence-electron chi connectivity index (χ2n) is 26.7. The van der Waals surface area contributed by atoms with Crippen LogP contribution in [0.25, 0.3) is 0 Å².